The molecule has 2 heterocycles. The van der Waals surface area contributed by atoms with Crippen LogP contribution in [0.5, 0.6) is 0 Å². The van der Waals surface area contributed by atoms with Crippen molar-refractivity contribution in [2.75, 3.05) is 13.1 Å². The first kappa shape index (κ1) is 16.7. The second-order valence-electron chi connectivity index (χ2n) is 7.50. The molecule has 1 spiro atoms. The Morgan fingerprint density at radius 2 is 1.96 bits per heavy atom. The average molecular weight is 337 g/mol. The van der Waals surface area contributed by atoms with Gasteiger partial charge in [-0.2, -0.15) is 0 Å². The van der Waals surface area contributed by atoms with Gasteiger partial charge >= 0.3 is 0 Å². The lowest BCUT2D eigenvalue weighted by molar-refractivity contribution is 0.0268. The molecule has 1 aromatic heterocycles. The van der Waals surface area contributed by atoms with Crippen LogP contribution in [0.3, 0.4) is 0 Å². The monoisotopic (exact) mass is 337 g/mol. The fraction of sp³-hybridized carbons (Fsp3) is 0.476. The third-order valence-corrected chi connectivity index (χ3v) is 6.19. The van der Waals surface area contributed by atoms with Crippen molar-refractivity contribution in [3.63, 3.8) is 0 Å². The summed E-state index contributed by atoms with van der Waals surface area (Å²) >= 11 is 0. The fourth-order valence-electron chi connectivity index (χ4n) is 4.58. The second-order valence-corrected chi connectivity index (χ2v) is 7.50. The van der Waals surface area contributed by atoms with Crippen LogP contribution in [0.1, 0.15) is 48.2 Å². The Balaban J connectivity index is 1.47. The van der Waals surface area contributed by atoms with Gasteiger partial charge in [0.2, 0.25) is 0 Å². The van der Waals surface area contributed by atoms with E-state index >= 15 is 0 Å². The van der Waals surface area contributed by atoms with Crippen LogP contribution in [0.25, 0.3) is 0 Å². The smallest absolute Gasteiger partial charge is 0.0830 e. The number of aliphatic hydroxyl groups is 1. The molecule has 1 saturated heterocycles. The molecule has 1 fully saturated rings. The number of aryl methyl sites for hydroxylation is 1. The Morgan fingerprint density at radius 3 is 2.64 bits per heavy atom. The molecule has 25 heavy (non-hydrogen) atoms. The van der Waals surface area contributed by atoms with Gasteiger partial charge in [-0.05, 0) is 55.1 Å². The van der Waals surface area contributed by atoms with E-state index in [4.69, 9.17) is 5.73 Å². The van der Waals surface area contributed by atoms with E-state index in [2.05, 4.69) is 47.1 Å². The maximum atomic E-state index is 10.9. The van der Waals surface area contributed by atoms with Gasteiger partial charge in [0, 0.05) is 18.2 Å². The number of fused-ring (bicyclic) bond motifs is 2. The molecule has 0 radical (unpaired) electrons. The molecule has 2 aliphatic rings. The van der Waals surface area contributed by atoms with Crippen molar-refractivity contribution >= 4 is 0 Å². The first-order valence-corrected chi connectivity index (χ1v) is 9.33. The van der Waals surface area contributed by atoms with E-state index in [0.29, 0.717) is 0 Å². The van der Waals surface area contributed by atoms with Gasteiger partial charge in [0.25, 0.3) is 0 Å². The zero-order valence-electron chi connectivity index (χ0n) is 14.9. The highest BCUT2D eigenvalue weighted by Gasteiger charge is 2.51. The lowest BCUT2D eigenvalue weighted by Crippen LogP contribution is -2.48. The number of nitrogens with two attached hydrogens (primary N) is 1. The van der Waals surface area contributed by atoms with Gasteiger partial charge in [-0.3, -0.25) is 9.88 Å². The van der Waals surface area contributed by atoms with E-state index in [1.54, 1.807) is 0 Å². The number of aromatic nitrogens is 1. The summed E-state index contributed by atoms with van der Waals surface area (Å²) in [4.78, 5) is 7.03. The number of piperidine rings is 1. The highest BCUT2D eigenvalue weighted by molar-refractivity contribution is 5.45. The van der Waals surface area contributed by atoms with Gasteiger partial charge in [0.15, 0.2) is 0 Å². The number of nitrogens with zero attached hydrogens (tertiary/aromatic N) is 2. The predicted molar refractivity (Wildman–Crippen MR) is 99.2 cm³/mol. The van der Waals surface area contributed by atoms with Crippen molar-refractivity contribution < 1.29 is 5.11 Å². The van der Waals surface area contributed by atoms with Crippen LogP contribution in [-0.4, -0.2) is 34.2 Å². The number of likely N-dealkylation sites (tertiary alicyclic amines) is 1. The van der Waals surface area contributed by atoms with E-state index in [1.165, 1.54) is 11.1 Å². The third-order valence-electron chi connectivity index (χ3n) is 6.19. The van der Waals surface area contributed by atoms with Crippen LogP contribution in [0.4, 0.5) is 0 Å². The Kier molecular flexibility index (Phi) is 4.36. The molecule has 2 aromatic rings. The summed E-state index contributed by atoms with van der Waals surface area (Å²) in [6.45, 7) is 4.96. The molecule has 1 aliphatic heterocycles. The topological polar surface area (TPSA) is 62.4 Å². The van der Waals surface area contributed by atoms with E-state index in [-0.39, 0.29) is 11.5 Å². The van der Waals surface area contributed by atoms with Crippen molar-refractivity contribution in [3.05, 3.63) is 65.0 Å². The summed E-state index contributed by atoms with van der Waals surface area (Å²) in [6.07, 6.45) is 4.43. The van der Waals surface area contributed by atoms with Gasteiger partial charge in [-0.25, -0.2) is 0 Å². The number of hydrogen-bond donors (Lipinski definition) is 2. The molecule has 132 valence electrons. The van der Waals surface area contributed by atoms with E-state index in [9.17, 15) is 5.11 Å². The van der Waals surface area contributed by atoms with Crippen molar-refractivity contribution in [2.45, 2.75) is 50.3 Å². The molecule has 4 nitrogen and oxygen atoms in total. The molecule has 4 rings (SSSR count). The van der Waals surface area contributed by atoms with Gasteiger partial charge in [0.1, 0.15) is 0 Å². The first-order chi connectivity index (χ1) is 12.1. The summed E-state index contributed by atoms with van der Waals surface area (Å²) in [6, 6.07) is 12.4. The number of benzene rings is 1. The van der Waals surface area contributed by atoms with Crippen molar-refractivity contribution in [1.82, 2.24) is 9.88 Å². The normalized spacial score (nSPS) is 25.2. The molecule has 1 aromatic carbocycles. The molecule has 3 N–H and O–H groups in total. The molecule has 2 atom stereocenters. The summed E-state index contributed by atoms with van der Waals surface area (Å²) in [5.41, 5.74) is 10.9. The van der Waals surface area contributed by atoms with Crippen LogP contribution < -0.4 is 5.73 Å². The number of aliphatic hydroxyl groups excluding tert-OH is 1. The Bertz CT molecular complexity index is 735. The summed E-state index contributed by atoms with van der Waals surface area (Å²) in [5, 5.41) is 10.9. The van der Waals surface area contributed by atoms with E-state index in [1.807, 2.05) is 12.3 Å². The zero-order valence-corrected chi connectivity index (χ0v) is 14.9. The molecule has 4 heteroatoms. The SMILES string of the molecule is CCc1ccc(CN2CCC3(CC2)c2ccccc2[C@@H](N)[C@@H]3O)nc1. The van der Waals surface area contributed by atoms with Gasteiger partial charge in [0.05, 0.1) is 17.8 Å². The van der Waals surface area contributed by atoms with Crippen LogP contribution in [0.15, 0.2) is 42.6 Å². The molecule has 0 saturated carbocycles. The number of hydrogen-bond acceptors (Lipinski definition) is 4. The highest BCUT2D eigenvalue weighted by atomic mass is 16.3. The fourth-order valence-corrected chi connectivity index (χ4v) is 4.58. The molecular formula is C21H27N3O. The molecule has 0 bridgehead atoms. The predicted octanol–water partition coefficient (Wildman–Crippen LogP) is 2.55. The largest absolute Gasteiger partial charge is 0.390 e. The van der Waals surface area contributed by atoms with Gasteiger partial charge < -0.3 is 10.8 Å². The number of rotatable bonds is 3. The second kappa shape index (κ2) is 6.52. The molecular weight excluding hydrogens is 310 g/mol. The van der Waals surface area contributed by atoms with Crippen LogP contribution in [0.2, 0.25) is 0 Å². The van der Waals surface area contributed by atoms with E-state index in [0.717, 1.165) is 50.2 Å². The summed E-state index contributed by atoms with van der Waals surface area (Å²) in [7, 11) is 0. The average Bonchev–Trinajstić information content (AvgIpc) is 2.87. The standard InChI is InChI=1S/C21H27N3O/c1-2-15-7-8-16(23-13-15)14-24-11-9-21(10-12-24)18-6-4-3-5-17(18)19(22)20(21)25/h3-8,13,19-20,25H,2,9-12,14,22H2,1H3/t19-,20+/m1/s1. The van der Waals surface area contributed by atoms with Crippen LogP contribution in [-0.2, 0) is 18.4 Å². The maximum absolute atomic E-state index is 10.9. The van der Waals surface area contributed by atoms with Crippen molar-refractivity contribution in [1.29, 1.82) is 0 Å². The number of pyridine rings is 1. The quantitative estimate of drug-likeness (QED) is 0.903. The molecule has 0 unspecified atom stereocenters. The molecule has 0 amide bonds. The third kappa shape index (κ3) is 2.78. The van der Waals surface area contributed by atoms with Gasteiger partial charge in [-0.15, -0.1) is 0 Å². The minimum atomic E-state index is -0.478. The van der Waals surface area contributed by atoms with Crippen molar-refractivity contribution in [2.24, 2.45) is 5.73 Å². The summed E-state index contributed by atoms with van der Waals surface area (Å²) < 4.78 is 0. The molecule has 1 aliphatic carbocycles. The lowest BCUT2D eigenvalue weighted by atomic mass is 9.72. The Labute approximate surface area is 149 Å². The Morgan fingerprint density at radius 1 is 1.20 bits per heavy atom. The van der Waals surface area contributed by atoms with Crippen LogP contribution >= 0.6 is 0 Å². The maximum Gasteiger partial charge on any atom is 0.0830 e. The van der Waals surface area contributed by atoms with E-state index < -0.39 is 6.10 Å². The highest BCUT2D eigenvalue weighted by Crippen LogP contribution is 2.50. The van der Waals surface area contributed by atoms with Crippen LogP contribution in [0, 0.1) is 0 Å². The first-order valence-electron chi connectivity index (χ1n) is 9.33. The lowest BCUT2D eigenvalue weighted by Gasteiger charge is -2.42. The Hall–Kier alpha value is -1.75. The van der Waals surface area contributed by atoms with Gasteiger partial charge in [-0.1, -0.05) is 37.3 Å². The minimum Gasteiger partial charge on any atom is -0.390 e. The zero-order chi connectivity index (χ0) is 17.4. The minimum absolute atomic E-state index is 0.175. The summed E-state index contributed by atoms with van der Waals surface area (Å²) in [5.74, 6) is 0. The van der Waals surface area contributed by atoms with Crippen molar-refractivity contribution in [3.8, 4) is 0 Å².